The summed E-state index contributed by atoms with van der Waals surface area (Å²) in [5, 5.41) is 2.95. The van der Waals surface area contributed by atoms with E-state index in [2.05, 4.69) is 20.2 Å². The molecule has 1 saturated heterocycles. The first-order valence-electron chi connectivity index (χ1n) is 11.0. The maximum absolute atomic E-state index is 12.4. The first kappa shape index (κ1) is 20.7. The monoisotopic (exact) mass is 437 g/mol. The number of imidazole rings is 1. The van der Waals surface area contributed by atoms with E-state index in [0.29, 0.717) is 18.1 Å². The van der Waals surface area contributed by atoms with E-state index in [1.807, 2.05) is 28.8 Å². The molecule has 9 heteroatoms. The molecule has 4 heterocycles. The smallest absolute Gasteiger partial charge is 0.273 e. The molecule has 3 aromatic rings. The van der Waals surface area contributed by atoms with Gasteiger partial charge in [0.25, 0.3) is 5.91 Å². The highest BCUT2D eigenvalue weighted by atomic mass is 16.5. The van der Waals surface area contributed by atoms with Crippen molar-refractivity contribution >= 4 is 11.6 Å². The SMILES string of the molecule is COc1cc(-c2cnc3cc(OCCN4CCOCC4)ccn23)cnc1C(=O)NC1CC1. The molecule has 1 N–H and O–H groups in total. The molecule has 32 heavy (non-hydrogen) atoms. The molecule has 168 valence electrons. The van der Waals surface area contributed by atoms with Gasteiger partial charge in [-0.1, -0.05) is 0 Å². The Morgan fingerprint density at radius 3 is 2.84 bits per heavy atom. The van der Waals surface area contributed by atoms with Gasteiger partial charge in [0.15, 0.2) is 11.4 Å². The highest BCUT2D eigenvalue weighted by molar-refractivity contribution is 5.95. The van der Waals surface area contributed by atoms with E-state index in [4.69, 9.17) is 14.2 Å². The zero-order valence-electron chi connectivity index (χ0n) is 18.1. The number of nitrogens with zero attached hydrogens (tertiary/aromatic N) is 4. The Kier molecular flexibility index (Phi) is 5.91. The molecule has 1 aliphatic heterocycles. The number of methoxy groups -OCH3 is 1. The van der Waals surface area contributed by atoms with Crippen LogP contribution in [0.3, 0.4) is 0 Å². The second-order valence-corrected chi connectivity index (χ2v) is 8.06. The van der Waals surface area contributed by atoms with E-state index in [1.165, 1.54) is 0 Å². The number of ether oxygens (including phenoxy) is 3. The number of nitrogens with one attached hydrogen (secondary N) is 1. The van der Waals surface area contributed by atoms with E-state index in [-0.39, 0.29) is 11.9 Å². The minimum Gasteiger partial charge on any atom is -0.494 e. The lowest BCUT2D eigenvalue weighted by atomic mass is 10.2. The van der Waals surface area contributed by atoms with E-state index < -0.39 is 0 Å². The van der Waals surface area contributed by atoms with Crippen LogP contribution in [0.2, 0.25) is 0 Å². The molecule has 0 bridgehead atoms. The standard InChI is InChI=1S/C23H27N5O4/c1-30-20-12-16(14-25-22(20)23(29)26-17-2-3-17)19-15-24-21-13-18(4-5-28(19)21)32-11-8-27-6-9-31-10-7-27/h4-5,12-15,17H,2-3,6-11H2,1H3,(H,26,29). The minimum absolute atomic E-state index is 0.201. The van der Waals surface area contributed by atoms with Crippen LogP contribution in [0.4, 0.5) is 0 Å². The molecular formula is C23H27N5O4. The minimum atomic E-state index is -0.201. The summed E-state index contributed by atoms with van der Waals surface area (Å²) in [5.74, 6) is 1.03. The first-order chi connectivity index (χ1) is 15.7. The van der Waals surface area contributed by atoms with Gasteiger partial charge >= 0.3 is 0 Å². The van der Waals surface area contributed by atoms with E-state index in [0.717, 1.165) is 68.3 Å². The maximum Gasteiger partial charge on any atom is 0.273 e. The lowest BCUT2D eigenvalue weighted by Crippen LogP contribution is -2.38. The van der Waals surface area contributed by atoms with Crippen molar-refractivity contribution in [3.8, 4) is 22.8 Å². The third-order valence-corrected chi connectivity index (χ3v) is 5.76. The van der Waals surface area contributed by atoms with Crippen molar-refractivity contribution in [2.45, 2.75) is 18.9 Å². The van der Waals surface area contributed by atoms with Crippen LogP contribution in [0, 0.1) is 0 Å². The Labute approximate surface area is 186 Å². The maximum atomic E-state index is 12.4. The fourth-order valence-electron chi connectivity index (χ4n) is 3.77. The summed E-state index contributed by atoms with van der Waals surface area (Å²) in [6.45, 7) is 4.97. The van der Waals surface area contributed by atoms with E-state index in [9.17, 15) is 4.79 Å². The third-order valence-electron chi connectivity index (χ3n) is 5.76. The molecule has 0 atom stereocenters. The number of carbonyl (C=O) groups is 1. The number of rotatable bonds is 8. The Hall–Kier alpha value is -3.17. The summed E-state index contributed by atoms with van der Waals surface area (Å²) in [6, 6.07) is 5.94. The predicted molar refractivity (Wildman–Crippen MR) is 118 cm³/mol. The van der Waals surface area contributed by atoms with Crippen molar-refractivity contribution in [2.24, 2.45) is 0 Å². The normalized spacial score (nSPS) is 16.8. The molecule has 0 aromatic carbocycles. The number of aromatic nitrogens is 3. The Bertz CT molecular complexity index is 1100. The first-order valence-corrected chi connectivity index (χ1v) is 11.0. The van der Waals surface area contributed by atoms with Crippen LogP contribution in [0.15, 0.2) is 36.8 Å². The number of fused-ring (bicyclic) bond motifs is 1. The largest absolute Gasteiger partial charge is 0.494 e. The van der Waals surface area contributed by atoms with Crippen LogP contribution in [-0.4, -0.2) is 77.8 Å². The summed E-state index contributed by atoms with van der Waals surface area (Å²) in [4.78, 5) is 23.7. The van der Waals surface area contributed by atoms with Crippen LogP contribution >= 0.6 is 0 Å². The van der Waals surface area contributed by atoms with Gasteiger partial charge < -0.3 is 19.5 Å². The summed E-state index contributed by atoms with van der Waals surface area (Å²) >= 11 is 0. The Balaban J connectivity index is 1.30. The van der Waals surface area contributed by atoms with Crippen LogP contribution < -0.4 is 14.8 Å². The number of amides is 1. The van der Waals surface area contributed by atoms with Gasteiger partial charge in [0.2, 0.25) is 0 Å². The molecule has 3 aromatic heterocycles. The van der Waals surface area contributed by atoms with Crippen molar-refractivity contribution in [1.82, 2.24) is 24.6 Å². The summed E-state index contributed by atoms with van der Waals surface area (Å²) in [6.07, 6.45) is 7.44. The molecule has 0 spiro atoms. The lowest BCUT2D eigenvalue weighted by Gasteiger charge is -2.26. The molecule has 0 radical (unpaired) electrons. The van der Waals surface area contributed by atoms with Crippen molar-refractivity contribution in [3.05, 3.63) is 42.5 Å². The molecule has 1 saturated carbocycles. The fraction of sp³-hybridized carbons (Fsp3) is 0.435. The zero-order chi connectivity index (χ0) is 21.9. The van der Waals surface area contributed by atoms with Gasteiger partial charge in [0.05, 0.1) is 32.2 Å². The second kappa shape index (κ2) is 9.13. The molecular weight excluding hydrogens is 410 g/mol. The highest BCUT2D eigenvalue weighted by Gasteiger charge is 2.26. The van der Waals surface area contributed by atoms with Gasteiger partial charge in [-0.25, -0.2) is 9.97 Å². The van der Waals surface area contributed by atoms with Gasteiger partial charge in [-0.3, -0.25) is 14.1 Å². The van der Waals surface area contributed by atoms with Crippen LogP contribution in [-0.2, 0) is 4.74 Å². The van der Waals surface area contributed by atoms with Gasteiger partial charge in [-0.15, -0.1) is 0 Å². The van der Waals surface area contributed by atoms with Crippen LogP contribution in [0.1, 0.15) is 23.3 Å². The van der Waals surface area contributed by atoms with Gasteiger partial charge in [0.1, 0.15) is 18.0 Å². The number of carbonyl (C=O) groups excluding carboxylic acids is 1. The van der Waals surface area contributed by atoms with Gasteiger partial charge in [-0.05, 0) is 25.0 Å². The van der Waals surface area contributed by atoms with Crippen molar-refractivity contribution in [3.63, 3.8) is 0 Å². The van der Waals surface area contributed by atoms with E-state index >= 15 is 0 Å². The average molecular weight is 438 g/mol. The molecule has 0 unspecified atom stereocenters. The van der Waals surface area contributed by atoms with Crippen molar-refractivity contribution < 1.29 is 19.0 Å². The average Bonchev–Trinajstić information content (AvgIpc) is 3.54. The predicted octanol–water partition coefficient (Wildman–Crippen LogP) is 2.01. The lowest BCUT2D eigenvalue weighted by molar-refractivity contribution is 0.0322. The van der Waals surface area contributed by atoms with Crippen molar-refractivity contribution in [2.75, 3.05) is 46.6 Å². The quantitative estimate of drug-likeness (QED) is 0.577. The second-order valence-electron chi connectivity index (χ2n) is 8.06. The molecule has 2 fully saturated rings. The number of hydrogen-bond acceptors (Lipinski definition) is 7. The topological polar surface area (TPSA) is 90.2 Å². The Morgan fingerprint density at radius 2 is 2.06 bits per heavy atom. The summed E-state index contributed by atoms with van der Waals surface area (Å²) in [5.41, 5.74) is 2.75. The molecule has 9 nitrogen and oxygen atoms in total. The summed E-state index contributed by atoms with van der Waals surface area (Å²) in [7, 11) is 1.55. The van der Waals surface area contributed by atoms with Gasteiger partial charge in [-0.2, -0.15) is 0 Å². The summed E-state index contributed by atoms with van der Waals surface area (Å²) < 4.78 is 18.7. The molecule has 1 aliphatic carbocycles. The molecule has 5 rings (SSSR count). The molecule has 2 aliphatic rings. The Morgan fingerprint density at radius 1 is 1.22 bits per heavy atom. The van der Waals surface area contributed by atoms with Crippen LogP contribution in [0.5, 0.6) is 11.5 Å². The number of pyridine rings is 2. The zero-order valence-corrected chi connectivity index (χ0v) is 18.1. The highest BCUT2D eigenvalue weighted by Crippen LogP contribution is 2.28. The van der Waals surface area contributed by atoms with E-state index in [1.54, 1.807) is 19.5 Å². The van der Waals surface area contributed by atoms with Crippen LogP contribution in [0.25, 0.3) is 16.9 Å². The third kappa shape index (κ3) is 4.53. The number of morpholine rings is 1. The van der Waals surface area contributed by atoms with Gasteiger partial charge in [0, 0.05) is 49.7 Å². The number of hydrogen-bond donors (Lipinski definition) is 1. The van der Waals surface area contributed by atoms with Crippen molar-refractivity contribution in [1.29, 1.82) is 0 Å². The molecule has 1 amide bonds. The fourth-order valence-corrected chi connectivity index (χ4v) is 3.77.